The van der Waals surface area contributed by atoms with Gasteiger partial charge in [0.2, 0.25) is 5.91 Å². The molecule has 1 aliphatic rings. The fourth-order valence-electron chi connectivity index (χ4n) is 3.45. The number of ether oxygens (including phenoxy) is 1. The predicted octanol–water partition coefficient (Wildman–Crippen LogP) is 2.38. The third-order valence-electron chi connectivity index (χ3n) is 5.03. The number of carbonyl (C=O) groups excluding carboxylic acids is 1. The van der Waals surface area contributed by atoms with Gasteiger partial charge in [-0.15, -0.1) is 0 Å². The highest BCUT2D eigenvalue weighted by atomic mass is 16.5. The van der Waals surface area contributed by atoms with Gasteiger partial charge in [-0.2, -0.15) is 0 Å². The van der Waals surface area contributed by atoms with E-state index in [0.717, 1.165) is 36.8 Å². The van der Waals surface area contributed by atoms with Crippen LogP contribution in [0.3, 0.4) is 0 Å². The second-order valence-electron chi connectivity index (χ2n) is 6.87. The van der Waals surface area contributed by atoms with Gasteiger partial charge >= 0.3 is 0 Å². The molecule has 0 radical (unpaired) electrons. The second kappa shape index (κ2) is 9.78. The summed E-state index contributed by atoms with van der Waals surface area (Å²) >= 11 is 0. The van der Waals surface area contributed by atoms with Gasteiger partial charge in [-0.3, -0.25) is 9.79 Å². The maximum absolute atomic E-state index is 12.2. The summed E-state index contributed by atoms with van der Waals surface area (Å²) in [5.41, 5.74) is 2.39. The topological polar surface area (TPSA) is 66.0 Å². The highest BCUT2D eigenvalue weighted by Crippen LogP contribution is 2.26. The van der Waals surface area contributed by atoms with Gasteiger partial charge in [-0.25, -0.2) is 0 Å². The minimum atomic E-state index is -0.0595. The standard InChI is InChI=1S/C22H28N4O2/c1-23-22(26-13-12-19(16-26)18-6-4-3-5-7-18)25-15-21(27)24-14-17-8-10-20(28-2)11-9-17/h3-11,19H,12-16H2,1-2H3,(H,23,25)(H,24,27). The number of guanidine groups is 1. The molecule has 1 amide bonds. The quantitative estimate of drug-likeness (QED) is 0.597. The lowest BCUT2D eigenvalue weighted by atomic mass is 9.99. The van der Waals surface area contributed by atoms with Crippen molar-refractivity contribution >= 4 is 11.9 Å². The normalized spacial score (nSPS) is 16.7. The van der Waals surface area contributed by atoms with E-state index in [1.807, 2.05) is 30.3 Å². The molecule has 1 saturated heterocycles. The van der Waals surface area contributed by atoms with Crippen molar-refractivity contribution in [3.05, 3.63) is 65.7 Å². The van der Waals surface area contributed by atoms with Gasteiger partial charge in [0.25, 0.3) is 0 Å². The lowest BCUT2D eigenvalue weighted by Crippen LogP contribution is -2.44. The van der Waals surface area contributed by atoms with Crippen LogP contribution >= 0.6 is 0 Å². The summed E-state index contributed by atoms with van der Waals surface area (Å²) in [7, 11) is 3.39. The molecule has 28 heavy (non-hydrogen) atoms. The molecule has 0 spiro atoms. The molecular formula is C22H28N4O2. The van der Waals surface area contributed by atoms with E-state index in [9.17, 15) is 4.79 Å². The lowest BCUT2D eigenvalue weighted by Gasteiger charge is -2.21. The fraction of sp³-hybridized carbons (Fsp3) is 0.364. The van der Waals surface area contributed by atoms with Gasteiger partial charge in [0.1, 0.15) is 5.75 Å². The zero-order valence-electron chi connectivity index (χ0n) is 16.5. The smallest absolute Gasteiger partial charge is 0.239 e. The largest absolute Gasteiger partial charge is 0.497 e. The maximum atomic E-state index is 12.2. The van der Waals surface area contributed by atoms with Crippen molar-refractivity contribution in [3.63, 3.8) is 0 Å². The van der Waals surface area contributed by atoms with Crippen LogP contribution in [0.15, 0.2) is 59.6 Å². The molecule has 1 aliphatic heterocycles. The van der Waals surface area contributed by atoms with Crippen molar-refractivity contribution in [1.82, 2.24) is 15.5 Å². The average Bonchev–Trinajstić information content (AvgIpc) is 3.24. The number of hydrogen-bond acceptors (Lipinski definition) is 3. The minimum absolute atomic E-state index is 0.0595. The van der Waals surface area contributed by atoms with Crippen molar-refractivity contribution < 1.29 is 9.53 Å². The first-order chi connectivity index (χ1) is 13.7. The molecule has 0 aliphatic carbocycles. The van der Waals surface area contributed by atoms with Gasteiger partial charge in [0.05, 0.1) is 13.7 Å². The Balaban J connectivity index is 1.44. The number of likely N-dealkylation sites (tertiary alicyclic amines) is 1. The van der Waals surface area contributed by atoms with Crippen LogP contribution in [0.4, 0.5) is 0 Å². The third kappa shape index (κ3) is 5.25. The van der Waals surface area contributed by atoms with Crippen molar-refractivity contribution in [2.45, 2.75) is 18.9 Å². The van der Waals surface area contributed by atoms with Crippen LogP contribution in [-0.2, 0) is 11.3 Å². The molecule has 148 valence electrons. The van der Waals surface area contributed by atoms with Crippen LogP contribution in [-0.4, -0.2) is 50.6 Å². The number of carbonyl (C=O) groups is 1. The molecule has 0 saturated carbocycles. The van der Waals surface area contributed by atoms with E-state index >= 15 is 0 Å². The van der Waals surface area contributed by atoms with Crippen LogP contribution in [0.5, 0.6) is 5.75 Å². The summed E-state index contributed by atoms with van der Waals surface area (Å²) in [5.74, 6) is 2.03. The highest BCUT2D eigenvalue weighted by Gasteiger charge is 2.26. The Morgan fingerprint density at radius 3 is 2.57 bits per heavy atom. The Morgan fingerprint density at radius 2 is 1.89 bits per heavy atom. The molecule has 6 heteroatoms. The zero-order valence-corrected chi connectivity index (χ0v) is 16.5. The molecule has 2 N–H and O–H groups in total. The number of rotatable bonds is 6. The van der Waals surface area contributed by atoms with E-state index in [0.29, 0.717) is 12.5 Å². The molecule has 0 bridgehead atoms. The Labute approximate surface area is 166 Å². The molecule has 2 aromatic carbocycles. The molecule has 6 nitrogen and oxygen atoms in total. The van der Waals surface area contributed by atoms with E-state index in [1.165, 1.54) is 5.56 Å². The Bertz CT molecular complexity index is 790. The van der Waals surface area contributed by atoms with Gasteiger partial charge in [0.15, 0.2) is 5.96 Å². The van der Waals surface area contributed by atoms with Crippen molar-refractivity contribution in [1.29, 1.82) is 0 Å². The van der Waals surface area contributed by atoms with Crippen molar-refractivity contribution in [2.75, 3.05) is 33.8 Å². The van der Waals surface area contributed by atoms with Gasteiger partial charge in [-0.05, 0) is 29.7 Å². The van der Waals surface area contributed by atoms with Crippen LogP contribution in [0.2, 0.25) is 0 Å². The number of aliphatic imine (C=N–C) groups is 1. The summed E-state index contributed by atoms with van der Waals surface area (Å²) in [4.78, 5) is 18.8. The number of benzene rings is 2. The van der Waals surface area contributed by atoms with Crippen molar-refractivity contribution in [2.24, 2.45) is 4.99 Å². The molecule has 1 fully saturated rings. The van der Waals surface area contributed by atoms with Crippen LogP contribution in [0, 0.1) is 0 Å². The Hall–Kier alpha value is -3.02. The zero-order chi connectivity index (χ0) is 19.8. The molecule has 1 unspecified atom stereocenters. The maximum Gasteiger partial charge on any atom is 0.239 e. The summed E-state index contributed by atoms with van der Waals surface area (Å²) in [6, 6.07) is 18.2. The minimum Gasteiger partial charge on any atom is -0.497 e. The van der Waals surface area contributed by atoms with Gasteiger partial charge in [0, 0.05) is 32.6 Å². The average molecular weight is 380 g/mol. The van der Waals surface area contributed by atoms with Crippen LogP contribution in [0.25, 0.3) is 0 Å². The first-order valence-electron chi connectivity index (χ1n) is 9.59. The Kier molecular flexibility index (Phi) is 6.89. The number of amides is 1. The molecule has 1 heterocycles. The molecular weight excluding hydrogens is 352 g/mol. The molecule has 3 rings (SSSR count). The molecule has 2 aromatic rings. The van der Waals surface area contributed by atoms with Crippen LogP contribution in [0.1, 0.15) is 23.5 Å². The van der Waals surface area contributed by atoms with E-state index in [-0.39, 0.29) is 12.5 Å². The van der Waals surface area contributed by atoms with E-state index < -0.39 is 0 Å². The SMILES string of the molecule is CN=C(NCC(=O)NCc1ccc(OC)cc1)N1CCC(c2ccccc2)C1. The number of methoxy groups -OCH3 is 1. The first kappa shape index (κ1) is 19.7. The highest BCUT2D eigenvalue weighted by molar-refractivity contribution is 5.86. The lowest BCUT2D eigenvalue weighted by molar-refractivity contribution is -0.120. The summed E-state index contributed by atoms with van der Waals surface area (Å²) < 4.78 is 5.14. The van der Waals surface area contributed by atoms with Crippen LogP contribution < -0.4 is 15.4 Å². The summed E-state index contributed by atoms with van der Waals surface area (Å²) in [6.07, 6.45) is 1.09. The predicted molar refractivity (Wildman–Crippen MR) is 112 cm³/mol. The third-order valence-corrected chi connectivity index (χ3v) is 5.03. The number of nitrogens with one attached hydrogen (secondary N) is 2. The fourth-order valence-corrected chi connectivity index (χ4v) is 3.45. The van der Waals surface area contributed by atoms with Crippen molar-refractivity contribution in [3.8, 4) is 5.75 Å². The van der Waals surface area contributed by atoms with Gasteiger partial charge < -0.3 is 20.3 Å². The van der Waals surface area contributed by atoms with E-state index in [4.69, 9.17) is 4.74 Å². The van der Waals surface area contributed by atoms with E-state index in [1.54, 1.807) is 14.2 Å². The summed E-state index contributed by atoms with van der Waals surface area (Å²) in [5, 5.41) is 6.11. The molecule has 0 aromatic heterocycles. The number of hydrogen-bond donors (Lipinski definition) is 2. The second-order valence-corrected chi connectivity index (χ2v) is 6.87. The summed E-state index contributed by atoms with van der Waals surface area (Å²) in [6.45, 7) is 2.54. The first-order valence-corrected chi connectivity index (χ1v) is 9.59. The van der Waals surface area contributed by atoms with Gasteiger partial charge in [-0.1, -0.05) is 42.5 Å². The van der Waals surface area contributed by atoms with E-state index in [2.05, 4.69) is 44.8 Å². The number of nitrogens with zero attached hydrogens (tertiary/aromatic N) is 2. The molecule has 1 atom stereocenters. The monoisotopic (exact) mass is 380 g/mol. The Morgan fingerprint density at radius 1 is 1.14 bits per heavy atom.